The molecule has 128 valence electrons. The molecule has 4 rings (SSSR count). The molecule has 2 aromatic carbocycles. The molecule has 0 saturated carbocycles. The van der Waals surface area contributed by atoms with E-state index >= 15 is 0 Å². The zero-order valence-corrected chi connectivity index (χ0v) is 14.0. The molecule has 3 atom stereocenters. The molecule has 2 aliphatic rings. The van der Waals surface area contributed by atoms with Gasteiger partial charge in [-0.2, -0.15) is 0 Å². The van der Waals surface area contributed by atoms with Crippen LogP contribution in [0.2, 0.25) is 0 Å². The van der Waals surface area contributed by atoms with Gasteiger partial charge < -0.3 is 10.1 Å². The quantitative estimate of drug-likeness (QED) is 0.494. The van der Waals surface area contributed by atoms with Gasteiger partial charge in [0.1, 0.15) is 11.4 Å². The summed E-state index contributed by atoms with van der Waals surface area (Å²) in [5.41, 5.74) is 2.83. The lowest BCUT2D eigenvalue weighted by Gasteiger charge is -2.37. The first kappa shape index (κ1) is 15.7. The van der Waals surface area contributed by atoms with E-state index in [1.165, 1.54) is 6.07 Å². The number of hydrogen-bond donors (Lipinski definition) is 1. The van der Waals surface area contributed by atoms with Gasteiger partial charge in [0.25, 0.3) is 5.69 Å². The number of fused-ring (bicyclic) bond motifs is 3. The molecule has 2 aromatic rings. The summed E-state index contributed by atoms with van der Waals surface area (Å²) in [7, 11) is 0. The summed E-state index contributed by atoms with van der Waals surface area (Å²) in [6.45, 7) is 2.37. The number of anilines is 1. The van der Waals surface area contributed by atoms with Crippen LogP contribution in [0.5, 0.6) is 5.75 Å². The highest BCUT2D eigenvalue weighted by Crippen LogP contribution is 2.53. The van der Waals surface area contributed by atoms with E-state index in [4.69, 9.17) is 4.74 Å². The number of rotatable bonds is 4. The maximum atomic E-state index is 11.7. The molecule has 1 aliphatic carbocycles. The smallest absolute Gasteiger partial charge is 0.296 e. The van der Waals surface area contributed by atoms with Gasteiger partial charge in [-0.25, -0.2) is 0 Å². The number of nitrogens with one attached hydrogen (secondary N) is 1. The first-order chi connectivity index (χ1) is 12.2. The predicted molar refractivity (Wildman–Crippen MR) is 97.1 cm³/mol. The fourth-order valence-corrected chi connectivity index (χ4v) is 4.04. The van der Waals surface area contributed by atoms with E-state index in [0.717, 1.165) is 17.5 Å². The SMILES string of the molecule is CCOc1cc2c(c([N+](=O)[O-])c1)N[C@H](c1ccccc1)[C@H]1CC=C[C@H]21. The molecule has 5 nitrogen and oxygen atoms in total. The van der Waals surface area contributed by atoms with Gasteiger partial charge in [-0.1, -0.05) is 42.5 Å². The molecule has 1 N–H and O–H groups in total. The lowest BCUT2D eigenvalue weighted by atomic mass is 9.76. The van der Waals surface area contributed by atoms with Crippen LogP contribution in [0.15, 0.2) is 54.6 Å². The number of allylic oxidation sites excluding steroid dienone is 2. The van der Waals surface area contributed by atoms with E-state index in [9.17, 15) is 10.1 Å². The van der Waals surface area contributed by atoms with E-state index in [0.29, 0.717) is 24.0 Å². The minimum absolute atomic E-state index is 0.0605. The summed E-state index contributed by atoms with van der Waals surface area (Å²) < 4.78 is 5.57. The standard InChI is InChI=1S/C20H20N2O3/c1-2-25-14-11-17-15-9-6-10-16(15)19(13-7-4-3-5-8-13)21-20(17)18(12-14)22(23)24/h3-9,11-12,15-16,19,21H,2,10H2,1H3/t15-,16-,19+/m0/s1. The first-order valence-electron chi connectivity index (χ1n) is 8.62. The van der Waals surface area contributed by atoms with Crippen LogP contribution in [0, 0.1) is 16.0 Å². The van der Waals surface area contributed by atoms with Crippen molar-refractivity contribution in [3.63, 3.8) is 0 Å². The number of benzene rings is 2. The lowest BCUT2D eigenvalue weighted by molar-refractivity contribution is -0.384. The van der Waals surface area contributed by atoms with Crippen LogP contribution >= 0.6 is 0 Å². The first-order valence-corrected chi connectivity index (χ1v) is 8.62. The molecule has 0 amide bonds. The number of nitrogens with zero attached hydrogens (tertiary/aromatic N) is 1. The van der Waals surface area contributed by atoms with Crippen molar-refractivity contribution in [1.82, 2.24) is 0 Å². The van der Waals surface area contributed by atoms with Crippen LogP contribution in [0.4, 0.5) is 11.4 Å². The van der Waals surface area contributed by atoms with Crippen LogP contribution in [-0.2, 0) is 0 Å². The summed E-state index contributed by atoms with van der Waals surface area (Å²) in [4.78, 5) is 11.3. The Morgan fingerprint density at radius 2 is 2.08 bits per heavy atom. The van der Waals surface area contributed by atoms with E-state index in [-0.39, 0.29) is 22.6 Å². The van der Waals surface area contributed by atoms with Crippen molar-refractivity contribution in [3.8, 4) is 5.75 Å². The van der Waals surface area contributed by atoms with Crippen molar-refractivity contribution in [2.45, 2.75) is 25.3 Å². The molecular formula is C20H20N2O3. The predicted octanol–water partition coefficient (Wildman–Crippen LogP) is 4.82. The largest absolute Gasteiger partial charge is 0.494 e. The monoisotopic (exact) mass is 336 g/mol. The van der Waals surface area contributed by atoms with Gasteiger partial charge >= 0.3 is 0 Å². The van der Waals surface area contributed by atoms with E-state index in [2.05, 4.69) is 29.6 Å². The number of hydrogen-bond acceptors (Lipinski definition) is 4. The van der Waals surface area contributed by atoms with Gasteiger partial charge in [0.15, 0.2) is 0 Å². The Morgan fingerprint density at radius 1 is 1.28 bits per heavy atom. The summed E-state index contributed by atoms with van der Waals surface area (Å²) in [6, 6.07) is 13.7. The van der Waals surface area contributed by atoms with Crippen LogP contribution < -0.4 is 10.1 Å². The Kier molecular flexibility index (Phi) is 3.92. The Labute approximate surface area is 146 Å². The summed E-state index contributed by atoms with van der Waals surface area (Å²) in [5, 5.41) is 15.1. The average molecular weight is 336 g/mol. The Morgan fingerprint density at radius 3 is 2.80 bits per heavy atom. The molecule has 5 heteroatoms. The van der Waals surface area contributed by atoms with Crippen LogP contribution in [0.25, 0.3) is 0 Å². The van der Waals surface area contributed by atoms with E-state index in [1.54, 1.807) is 0 Å². The topological polar surface area (TPSA) is 64.4 Å². The second-order valence-electron chi connectivity index (χ2n) is 6.48. The molecule has 0 radical (unpaired) electrons. The van der Waals surface area contributed by atoms with Crippen molar-refractivity contribution in [3.05, 3.63) is 75.9 Å². The van der Waals surface area contributed by atoms with Crippen molar-refractivity contribution < 1.29 is 9.66 Å². The van der Waals surface area contributed by atoms with Gasteiger partial charge in [-0.3, -0.25) is 10.1 Å². The highest BCUT2D eigenvalue weighted by Gasteiger charge is 2.41. The Balaban J connectivity index is 1.85. The zero-order chi connectivity index (χ0) is 17.4. The van der Waals surface area contributed by atoms with Crippen LogP contribution in [0.3, 0.4) is 0 Å². The summed E-state index contributed by atoms with van der Waals surface area (Å²) in [5.74, 6) is 1.08. The Hall–Kier alpha value is -2.82. The minimum Gasteiger partial charge on any atom is -0.494 e. The van der Waals surface area contributed by atoms with Gasteiger partial charge in [0.2, 0.25) is 0 Å². The maximum absolute atomic E-state index is 11.7. The fraction of sp³-hybridized carbons (Fsp3) is 0.300. The van der Waals surface area contributed by atoms with Crippen LogP contribution in [0.1, 0.15) is 36.4 Å². The zero-order valence-electron chi connectivity index (χ0n) is 14.0. The van der Waals surface area contributed by atoms with Gasteiger partial charge in [0, 0.05) is 5.92 Å². The summed E-state index contributed by atoms with van der Waals surface area (Å²) in [6.07, 6.45) is 5.32. The minimum atomic E-state index is -0.324. The molecule has 1 heterocycles. The van der Waals surface area contributed by atoms with Gasteiger partial charge in [0.05, 0.1) is 23.6 Å². The molecular weight excluding hydrogens is 316 g/mol. The van der Waals surface area contributed by atoms with E-state index < -0.39 is 0 Å². The number of ether oxygens (including phenoxy) is 1. The Bertz CT molecular complexity index is 832. The van der Waals surface area contributed by atoms with Crippen molar-refractivity contribution in [2.24, 2.45) is 5.92 Å². The van der Waals surface area contributed by atoms with Crippen molar-refractivity contribution >= 4 is 11.4 Å². The molecule has 25 heavy (non-hydrogen) atoms. The molecule has 0 bridgehead atoms. The maximum Gasteiger partial charge on any atom is 0.296 e. The fourth-order valence-electron chi connectivity index (χ4n) is 4.04. The second-order valence-corrected chi connectivity index (χ2v) is 6.48. The molecule has 0 aromatic heterocycles. The third-order valence-electron chi connectivity index (χ3n) is 5.09. The van der Waals surface area contributed by atoms with E-state index in [1.807, 2.05) is 31.2 Å². The van der Waals surface area contributed by atoms with Crippen molar-refractivity contribution in [2.75, 3.05) is 11.9 Å². The number of nitro benzene ring substituents is 1. The molecule has 0 saturated heterocycles. The molecule has 0 unspecified atom stereocenters. The van der Waals surface area contributed by atoms with Crippen molar-refractivity contribution in [1.29, 1.82) is 0 Å². The number of nitro groups is 1. The lowest BCUT2D eigenvalue weighted by Crippen LogP contribution is -2.29. The third-order valence-corrected chi connectivity index (χ3v) is 5.09. The molecule has 1 aliphatic heterocycles. The molecule has 0 spiro atoms. The third kappa shape index (κ3) is 2.65. The second kappa shape index (κ2) is 6.24. The molecule has 0 fully saturated rings. The average Bonchev–Trinajstić information content (AvgIpc) is 3.11. The summed E-state index contributed by atoms with van der Waals surface area (Å²) >= 11 is 0. The highest BCUT2D eigenvalue weighted by atomic mass is 16.6. The van der Waals surface area contributed by atoms with Gasteiger partial charge in [-0.15, -0.1) is 0 Å². The normalized spacial score (nSPS) is 23.5. The highest BCUT2D eigenvalue weighted by molar-refractivity contribution is 5.73. The van der Waals surface area contributed by atoms with Gasteiger partial charge in [-0.05, 0) is 36.5 Å². The van der Waals surface area contributed by atoms with Crippen LogP contribution in [-0.4, -0.2) is 11.5 Å².